The summed E-state index contributed by atoms with van der Waals surface area (Å²) in [6, 6.07) is 6.26. The van der Waals surface area contributed by atoms with Crippen molar-refractivity contribution in [3.63, 3.8) is 0 Å². The summed E-state index contributed by atoms with van der Waals surface area (Å²) in [6.45, 7) is 7.46. The molecule has 31 heavy (non-hydrogen) atoms. The molecule has 7 nitrogen and oxygen atoms in total. The summed E-state index contributed by atoms with van der Waals surface area (Å²) in [6.07, 6.45) is 5.93. The lowest BCUT2D eigenvalue weighted by molar-refractivity contribution is 0.0977. The summed E-state index contributed by atoms with van der Waals surface area (Å²) in [5.74, 6) is 1.06. The predicted molar refractivity (Wildman–Crippen MR) is 126 cm³/mol. The molecule has 2 unspecified atom stereocenters. The highest BCUT2D eigenvalue weighted by molar-refractivity contribution is 7.11. The van der Waals surface area contributed by atoms with Crippen LogP contribution in [0.15, 0.2) is 30.7 Å². The van der Waals surface area contributed by atoms with Crippen molar-refractivity contribution in [1.29, 1.82) is 0 Å². The molecule has 1 aliphatic heterocycles. The highest BCUT2D eigenvalue weighted by atomic mass is 32.1. The minimum absolute atomic E-state index is 0.128. The van der Waals surface area contributed by atoms with E-state index in [1.165, 1.54) is 0 Å². The Balaban J connectivity index is 1.58. The number of fused-ring (bicyclic) bond motifs is 1. The fourth-order valence-corrected chi connectivity index (χ4v) is 5.27. The van der Waals surface area contributed by atoms with Gasteiger partial charge in [0, 0.05) is 54.2 Å². The molecule has 1 saturated heterocycles. The zero-order valence-electron chi connectivity index (χ0n) is 18.2. The SMILES string of the molecule is CCCN(CCO)c1ccc2c(N3CCCC(C(O)c4ncc(C)s4)C3)ncnc2c1. The number of piperidine rings is 1. The van der Waals surface area contributed by atoms with Crippen LogP contribution in [0.5, 0.6) is 0 Å². The summed E-state index contributed by atoms with van der Waals surface area (Å²) in [5, 5.41) is 22.1. The van der Waals surface area contributed by atoms with Gasteiger partial charge in [-0.2, -0.15) is 0 Å². The fraction of sp³-hybridized carbons (Fsp3) is 0.522. The van der Waals surface area contributed by atoms with Gasteiger partial charge in [-0.3, -0.25) is 0 Å². The quantitative estimate of drug-likeness (QED) is 0.553. The zero-order valence-corrected chi connectivity index (χ0v) is 19.1. The van der Waals surface area contributed by atoms with Crippen molar-refractivity contribution in [2.24, 2.45) is 5.92 Å². The second-order valence-electron chi connectivity index (χ2n) is 8.21. The van der Waals surface area contributed by atoms with E-state index in [0.717, 1.165) is 71.2 Å². The van der Waals surface area contributed by atoms with Crippen molar-refractivity contribution in [3.8, 4) is 0 Å². The summed E-state index contributed by atoms with van der Waals surface area (Å²) < 4.78 is 0. The molecule has 0 bridgehead atoms. The van der Waals surface area contributed by atoms with E-state index in [4.69, 9.17) is 0 Å². The Morgan fingerprint density at radius 2 is 2.13 bits per heavy atom. The van der Waals surface area contributed by atoms with Crippen LogP contribution in [0.4, 0.5) is 11.5 Å². The summed E-state index contributed by atoms with van der Waals surface area (Å²) in [7, 11) is 0. The van der Waals surface area contributed by atoms with Crippen LogP contribution in [0.25, 0.3) is 10.9 Å². The Morgan fingerprint density at radius 1 is 1.26 bits per heavy atom. The number of benzene rings is 1. The van der Waals surface area contributed by atoms with E-state index in [9.17, 15) is 10.2 Å². The third-order valence-electron chi connectivity index (χ3n) is 5.92. The molecule has 0 radical (unpaired) electrons. The van der Waals surface area contributed by atoms with Gasteiger partial charge in [-0.25, -0.2) is 15.0 Å². The number of anilines is 2. The van der Waals surface area contributed by atoms with Crippen LogP contribution in [0.3, 0.4) is 0 Å². The van der Waals surface area contributed by atoms with Crippen LogP contribution in [0, 0.1) is 12.8 Å². The first-order valence-corrected chi connectivity index (χ1v) is 11.9. The summed E-state index contributed by atoms with van der Waals surface area (Å²) >= 11 is 1.57. The smallest absolute Gasteiger partial charge is 0.139 e. The first kappa shape index (κ1) is 21.9. The lowest BCUT2D eigenvalue weighted by Gasteiger charge is -2.35. The molecule has 1 fully saturated rings. The van der Waals surface area contributed by atoms with Gasteiger partial charge in [-0.1, -0.05) is 6.92 Å². The van der Waals surface area contributed by atoms with Gasteiger partial charge in [0.15, 0.2) is 0 Å². The molecule has 3 heterocycles. The van der Waals surface area contributed by atoms with Crippen LogP contribution < -0.4 is 9.80 Å². The second-order valence-corrected chi connectivity index (χ2v) is 9.48. The molecule has 2 aromatic heterocycles. The number of thiazole rings is 1. The van der Waals surface area contributed by atoms with E-state index in [0.29, 0.717) is 6.54 Å². The van der Waals surface area contributed by atoms with Crippen LogP contribution in [0.2, 0.25) is 0 Å². The van der Waals surface area contributed by atoms with Crippen LogP contribution in [0.1, 0.15) is 42.2 Å². The number of aryl methyl sites for hydroxylation is 1. The third-order valence-corrected chi connectivity index (χ3v) is 6.91. The Kier molecular flexibility index (Phi) is 6.99. The molecule has 1 aliphatic rings. The molecule has 1 aromatic carbocycles. The molecule has 8 heteroatoms. The van der Waals surface area contributed by atoms with Crippen molar-refractivity contribution in [3.05, 3.63) is 40.6 Å². The number of rotatable bonds is 8. The van der Waals surface area contributed by atoms with Crippen molar-refractivity contribution in [1.82, 2.24) is 15.0 Å². The minimum Gasteiger partial charge on any atom is -0.395 e. The molecule has 2 atom stereocenters. The summed E-state index contributed by atoms with van der Waals surface area (Å²) in [5.41, 5.74) is 1.97. The number of nitrogens with zero attached hydrogens (tertiary/aromatic N) is 5. The largest absolute Gasteiger partial charge is 0.395 e. The maximum Gasteiger partial charge on any atom is 0.139 e. The first-order valence-electron chi connectivity index (χ1n) is 11.1. The van der Waals surface area contributed by atoms with Gasteiger partial charge in [0.1, 0.15) is 23.3 Å². The molecule has 0 spiro atoms. The van der Waals surface area contributed by atoms with Gasteiger partial charge in [-0.05, 0) is 44.4 Å². The van der Waals surface area contributed by atoms with Gasteiger partial charge in [-0.15, -0.1) is 11.3 Å². The van der Waals surface area contributed by atoms with Crippen molar-refractivity contribution < 1.29 is 10.2 Å². The molecule has 4 rings (SSSR count). The molecule has 0 aliphatic carbocycles. The standard InChI is InChI=1S/C23H31N5O2S/c1-3-8-27(10-11-29)18-6-7-19-20(12-18)25-15-26-22(19)28-9-4-5-17(14-28)21(30)23-24-13-16(2)31-23/h6-7,12-13,15,17,21,29-30H,3-5,8-11,14H2,1-2H3. The fourth-order valence-electron chi connectivity index (χ4n) is 4.41. The van der Waals surface area contributed by atoms with E-state index in [2.05, 4.69) is 49.9 Å². The van der Waals surface area contributed by atoms with Crippen LogP contribution in [-0.2, 0) is 0 Å². The van der Waals surface area contributed by atoms with Crippen molar-refractivity contribution >= 4 is 33.7 Å². The Labute approximate surface area is 187 Å². The number of hydrogen-bond acceptors (Lipinski definition) is 8. The molecule has 166 valence electrons. The Bertz CT molecular complexity index is 1000. The topological polar surface area (TPSA) is 85.6 Å². The molecule has 0 saturated carbocycles. The van der Waals surface area contributed by atoms with Crippen molar-refractivity contribution in [2.45, 2.75) is 39.2 Å². The predicted octanol–water partition coefficient (Wildman–Crippen LogP) is 3.55. The number of hydrogen-bond donors (Lipinski definition) is 2. The normalized spacial score (nSPS) is 17.8. The Morgan fingerprint density at radius 3 is 2.87 bits per heavy atom. The third kappa shape index (κ3) is 4.81. The number of aliphatic hydroxyl groups is 2. The van der Waals surface area contributed by atoms with Crippen LogP contribution in [-0.4, -0.2) is 58.0 Å². The van der Waals surface area contributed by atoms with E-state index in [-0.39, 0.29) is 12.5 Å². The van der Waals surface area contributed by atoms with E-state index in [1.807, 2.05) is 13.1 Å². The lowest BCUT2D eigenvalue weighted by atomic mass is 9.92. The van der Waals surface area contributed by atoms with E-state index in [1.54, 1.807) is 17.7 Å². The van der Waals surface area contributed by atoms with Gasteiger partial charge >= 0.3 is 0 Å². The van der Waals surface area contributed by atoms with Crippen LogP contribution >= 0.6 is 11.3 Å². The highest BCUT2D eigenvalue weighted by Gasteiger charge is 2.30. The summed E-state index contributed by atoms with van der Waals surface area (Å²) in [4.78, 5) is 19.1. The Hall–Kier alpha value is -2.29. The maximum absolute atomic E-state index is 10.9. The molecule has 0 amide bonds. The number of aliphatic hydroxyl groups excluding tert-OH is 2. The average Bonchev–Trinajstić information content (AvgIpc) is 3.24. The first-order chi connectivity index (χ1) is 15.1. The highest BCUT2D eigenvalue weighted by Crippen LogP contribution is 2.35. The monoisotopic (exact) mass is 441 g/mol. The van der Waals surface area contributed by atoms with Gasteiger partial charge < -0.3 is 20.0 Å². The number of aromatic nitrogens is 3. The van der Waals surface area contributed by atoms with E-state index >= 15 is 0 Å². The second kappa shape index (κ2) is 9.89. The van der Waals surface area contributed by atoms with E-state index < -0.39 is 6.10 Å². The molecular weight excluding hydrogens is 410 g/mol. The minimum atomic E-state index is -0.540. The average molecular weight is 442 g/mol. The molecule has 3 aromatic rings. The van der Waals surface area contributed by atoms with Gasteiger partial charge in [0.25, 0.3) is 0 Å². The zero-order chi connectivity index (χ0) is 21.8. The lowest BCUT2D eigenvalue weighted by Crippen LogP contribution is -2.38. The van der Waals surface area contributed by atoms with Gasteiger partial charge in [0.05, 0.1) is 12.1 Å². The maximum atomic E-state index is 10.9. The molecular formula is C23H31N5O2S. The van der Waals surface area contributed by atoms with Crippen molar-refractivity contribution in [2.75, 3.05) is 42.6 Å². The molecule has 2 N–H and O–H groups in total. The van der Waals surface area contributed by atoms with Gasteiger partial charge in [0.2, 0.25) is 0 Å².